The lowest BCUT2D eigenvalue weighted by atomic mass is 10.3. The van der Waals surface area contributed by atoms with Crippen LogP contribution in [0.3, 0.4) is 0 Å². The number of methoxy groups -OCH3 is 1. The van der Waals surface area contributed by atoms with Crippen LogP contribution in [0.5, 0.6) is 11.5 Å². The summed E-state index contributed by atoms with van der Waals surface area (Å²) in [6.07, 6.45) is 0. The second kappa shape index (κ2) is 4.39. The molecule has 0 saturated carbocycles. The Morgan fingerprint density at radius 3 is 2.67 bits per heavy atom. The van der Waals surface area contributed by atoms with Gasteiger partial charge in [0.1, 0.15) is 17.2 Å². The molecular weight excluding hydrogens is 218 g/mol. The number of nitrogens with one attached hydrogen (secondary N) is 1. The average Bonchev–Trinajstić information content (AvgIpc) is 2.21. The van der Waals surface area contributed by atoms with Gasteiger partial charge in [-0.1, -0.05) is 6.07 Å². The number of hydrogen-bond donors (Lipinski definition) is 2. The summed E-state index contributed by atoms with van der Waals surface area (Å²) in [5.41, 5.74) is 0.0712. The summed E-state index contributed by atoms with van der Waals surface area (Å²) in [7, 11) is -2.02. The minimum absolute atomic E-state index is 0.0650. The van der Waals surface area contributed by atoms with Gasteiger partial charge in [0.15, 0.2) is 0 Å². The molecule has 0 aliphatic carbocycles. The number of aromatic hydroxyl groups is 1. The largest absolute Gasteiger partial charge is 0.506 e. The van der Waals surface area contributed by atoms with Gasteiger partial charge in [-0.25, -0.2) is 8.42 Å². The first-order valence-electron chi connectivity index (χ1n) is 4.36. The van der Waals surface area contributed by atoms with Crippen molar-refractivity contribution in [3.63, 3.8) is 0 Å². The fourth-order valence-corrected chi connectivity index (χ4v) is 1.68. The molecule has 0 saturated heterocycles. The molecule has 1 rings (SSSR count). The van der Waals surface area contributed by atoms with Gasteiger partial charge in [-0.15, -0.1) is 0 Å². The molecule has 0 radical (unpaired) electrons. The molecule has 0 unspecified atom stereocenters. The average molecular weight is 231 g/mol. The smallest absolute Gasteiger partial charge is 0.232 e. The van der Waals surface area contributed by atoms with Crippen LogP contribution in [-0.2, 0) is 10.0 Å². The molecule has 6 heteroatoms. The van der Waals surface area contributed by atoms with E-state index < -0.39 is 10.0 Å². The van der Waals surface area contributed by atoms with Crippen LogP contribution in [0.15, 0.2) is 18.2 Å². The number of phenolic OH excluding ortho intramolecular Hbond substituents is 1. The van der Waals surface area contributed by atoms with Gasteiger partial charge < -0.3 is 9.84 Å². The van der Waals surface area contributed by atoms with Crippen LogP contribution in [0, 0.1) is 0 Å². The highest BCUT2D eigenvalue weighted by molar-refractivity contribution is 7.92. The lowest BCUT2D eigenvalue weighted by Crippen LogP contribution is -2.15. The van der Waals surface area contributed by atoms with Gasteiger partial charge in [-0.05, 0) is 19.1 Å². The zero-order valence-corrected chi connectivity index (χ0v) is 9.34. The summed E-state index contributed by atoms with van der Waals surface area (Å²) in [5.74, 6) is 0.0585. The molecule has 5 nitrogen and oxygen atoms in total. The maximum atomic E-state index is 11.3. The highest BCUT2D eigenvalue weighted by Crippen LogP contribution is 2.33. The molecular formula is C9H13NO4S. The highest BCUT2D eigenvalue weighted by atomic mass is 32.2. The predicted molar refractivity (Wildman–Crippen MR) is 57.7 cm³/mol. The molecule has 1 aromatic carbocycles. The van der Waals surface area contributed by atoms with Crippen LogP contribution in [0.2, 0.25) is 0 Å². The number of benzene rings is 1. The highest BCUT2D eigenvalue weighted by Gasteiger charge is 2.14. The lowest BCUT2D eigenvalue weighted by Gasteiger charge is -2.11. The molecule has 2 N–H and O–H groups in total. The second-order valence-corrected chi connectivity index (χ2v) is 4.87. The molecule has 0 fully saturated rings. The van der Waals surface area contributed by atoms with Gasteiger partial charge in [-0.3, -0.25) is 4.72 Å². The Balaban J connectivity index is 3.14. The maximum Gasteiger partial charge on any atom is 0.232 e. The van der Waals surface area contributed by atoms with E-state index in [1.807, 2.05) is 0 Å². The van der Waals surface area contributed by atoms with Crippen LogP contribution in [0.4, 0.5) is 5.69 Å². The Hall–Kier alpha value is -1.43. The van der Waals surface area contributed by atoms with E-state index in [0.717, 1.165) is 0 Å². The second-order valence-electron chi connectivity index (χ2n) is 2.86. The van der Waals surface area contributed by atoms with E-state index in [2.05, 4.69) is 4.72 Å². The Morgan fingerprint density at radius 1 is 1.47 bits per heavy atom. The molecule has 0 bridgehead atoms. The van der Waals surface area contributed by atoms with Crippen LogP contribution in [0.1, 0.15) is 6.92 Å². The first kappa shape index (κ1) is 11.6. The number of ether oxygens (including phenoxy) is 1. The van der Waals surface area contributed by atoms with E-state index in [0.29, 0.717) is 0 Å². The van der Waals surface area contributed by atoms with E-state index in [1.54, 1.807) is 12.1 Å². The van der Waals surface area contributed by atoms with Crippen molar-refractivity contribution >= 4 is 15.7 Å². The monoisotopic (exact) mass is 231 g/mol. The Bertz CT molecular complexity index is 441. The number of para-hydroxylation sites is 1. The number of rotatable bonds is 4. The van der Waals surface area contributed by atoms with E-state index in [4.69, 9.17) is 4.74 Å². The number of phenols is 1. The van der Waals surface area contributed by atoms with Crippen molar-refractivity contribution in [1.82, 2.24) is 0 Å². The van der Waals surface area contributed by atoms with Crippen molar-refractivity contribution in [3.05, 3.63) is 18.2 Å². The molecule has 0 spiro atoms. The summed E-state index contributed by atoms with van der Waals surface area (Å²) in [6.45, 7) is 1.51. The molecule has 0 amide bonds. The zero-order valence-electron chi connectivity index (χ0n) is 8.52. The minimum atomic E-state index is -3.42. The molecule has 15 heavy (non-hydrogen) atoms. The maximum absolute atomic E-state index is 11.3. The molecule has 84 valence electrons. The van der Waals surface area contributed by atoms with E-state index in [1.165, 1.54) is 20.1 Å². The topological polar surface area (TPSA) is 75.6 Å². The minimum Gasteiger partial charge on any atom is -0.506 e. The summed E-state index contributed by atoms with van der Waals surface area (Å²) in [6, 6.07) is 4.52. The van der Waals surface area contributed by atoms with Gasteiger partial charge in [0.2, 0.25) is 10.0 Å². The van der Waals surface area contributed by atoms with Gasteiger partial charge >= 0.3 is 0 Å². The van der Waals surface area contributed by atoms with Crippen molar-refractivity contribution in [3.8, 4) is 11.5 Å². The van der Waals surface area contributed by atoms with Crippen molar-refractivity contribution in [2.75, 3.05) is 17.6 Å². The van der Waals surface area contributed by atoms with Crippen molar-refractivity contribution in [2.45, 2.75) is 6.92 Å². The molecule has 0 heterocycles. The van der Waals surface area contributed by atoms with Gasteiger partial charge in [0.05, 0.1) is 12.9 Å². The van der Waals surface area contributed by atoms with Crippen LogP contribution < -0.4 is 9.46 Å². The van der Waals surface area contributed by atoms with Crippen molar-refractivity contribution in [2.24, 2.45) is 0 Å². The molecule has 0 aliphatic rings. The Labute approximate surface area is 88.7 Å². The van der Waals surface area contributed by atoms with Gasteiger partial charge in [0.25, 0.3) is 0 Å². The van der Waals surface area contributed by atoms with E-state index in [-0.39, 0.29) is 22.9 Å². The molecule has 0 aliphatic heterocycles. The summed E-state index contributed by atoms with van der Waals surface area (Å²) < 4.78 is 29.8. The number of sulfonamides is 1. The predicted octanol–water partition coefficient (Wildman–Crippen LogP) is 1.16. The summed E-state index contributed by atoms with van der Waals surface area (Å²) >= 11 is 0. The molecule has 0 aromatic heterocycles. The van der Waals surface area contributed by atoms with Crippen LogP contribution in [0.25, 0.3) is 0 Å². The number of anilines is 1. The quantitative estimate of drug-likeness (QED) is 0.762. The first-order valence-corrected chi connectivity index (χ1v) is 6.02. The fourth-order valence-electron chi connectivity index (χ4n) is 1.02. The first-order chi connectivity index (χ1) is 7.00. The van der Waals surface area contributed by atoms with E-state index in [9.17, 15) is 13.5 Å². The zero-order chi connectivity index (χ0) is 11.5. The summed E-state index contributed by atoms with van der Waals surface area (Å²) in [5, 5.41) is 9.47. The standard InChI is InChI=1S/C9H13NO4S/c1-3-15(12,13)10-9-7(11)5-4-6-8(9)14-2/h4-6,10-11H,3H2,1-2H3. The van der Waals surface area contributed by atoms with E-state index >= 15 is 0 Å². The third-order valence-electron chi connectivity index (χ3n) is 1.86. The van der Waals surface area contributed by atoms with Gasteiger partial charge in [0, 0.05) is 0 Å². The van der Waals surface area contributed by atoms with Crippen molar-refractivity contribution < 1.29 is 18.3 Å². The molecule has 0 atom stereocenters. The van der Waals surface area contributed by atoms with Gasteiger partial charge in [-0.2, -0.15) is 0 Å². The van der Waals surface area contributed by atoms with Crippen LogP contribution >= 0.6 is 0 Å². The lowest BCUT2D eigenvalue weighted by molar-refractivity contribution is 0.411. The summed E-state index contributed by atoms with van der Waals surface area (Å²) in [4.78, 5) is 0. The van der Waals surface area contributed by atoms with Crippen LogP contribution in [-0.4, -0.2) is 26.4 Å². The molecule has 1 aromatic rings. The fraction of sp³-hybridized carbons (Fsp3) is 0.333. The normalized spacial score (nSPS) is 11.1. The third kappa shape index (κ3) is 2.76. The Kier molecular flexibility index (Phi) is 3.41. The Morgan fingerprint density at radius 2 is 2.13 bits per heavy atom. The number of hydrogen-bond acceptors (Lipinski definition) is 4. The van der Waals surface area contributed by atoms with Crippen molar-refractivity contribution in [1.29, 1.82) is 0 Å². The SMILES string of the molecule is CCS(=O)(=O)Nc1c(O)cccc1OC. The third-order valence-corrected chi connectivity index (χ3v) is 3.14.